The van der Waals surface area contributed by atoms with E-state index in [4.69, 9.17) is 14.2 Å². The van der Waals surface area contributed by atoms with Crippen LogP contribution in [0.1, 0.15) is 29.3 Å². The first-order valence-corrected chi connectivity index (χ1v) is 7.63. The van der Waals surface area contributed by atoms with Gasteiger partial charge in [-0.25, -0.2) is 0 Å². The summed E-state index contributed by atoms with van der Waals surface area (Å²) in [7, 11) is 1.66. The number of Topliss-reactive ketones (excluding diaryl/α,β-unsaturated/α-hetero) is 1. The molecule has 0 atom stereocenters. The molecule has 23 heavy (non-hydrogen) atoms. The number of carbonyl (C=O) groups excluding carboxylic acids is 1. The zero-order chi connectivity index (χ0) is 16.5. The van der Waals surface area contributed by atoms with Crippen LogP contribution >= 0.6 is 0 Å². The van der Waals surface area contributed by atoms with Gasteiger partial charge in [-0.15, -0.1) is 0 Å². The van der Waals surface area contributed by atoms with E-state index in [0.29, 0.717) is 36.9 Å². The molecule has 0 saturated heterocycles. The molecule has 0 heterocycles. The average molecular weight is 314 g/mol. The first kappa shape index (κ1) is 17.0. The van der Waals surface area contributed by atoms with Gasteiger partial charge in [0.25, 0.3) is 0 Å². The maximum Gasteiger partial charge on any atom is 0.160 e. The van der Waals surface area contributed by atoms with Crippen LogP contribution in [0.2, 0.25) is 0 Å². The molecule has 0 N–H and O–H groups in total. The number of methoxy groups -OCH3 is 1. The van der Waals surface area contributed by atoms with Crippen LogP contribution in [0, 0.1) is 0 Å². The van der Waals surface area contributed by atoms with Gasteiger partial charge >= 0.3 is 0 Å². The fourth-order valence-corrected chi connectivity index (χ4v) is 2.08. The van der Waals surface area contributed by atoms with Gasteiger partial charge in [-0.1, -0.05) is 30.3 Å². The summed E-state index contributed by atoms with van der Waals surface area (Å²) in [6.07, 6.45) is 0.793. The van der Waals surface area contributed by atoms with Crippen LogP contribution in [0.3, 0.4) is 0 Å². The molecule has 0 bridgehead atoms. The summed E-state index contributed by atoms with van der Waals surface area (Å²) in [6, 6.07) is 15.2. The van der Waals surface area contributed by atoms with Crippen LogP contribution in [-0.4, -0.2) is 26.1 Å². The van der Waals surface area contributed by atoms with E-state index in [2.05, 4.69) is 0 Å². The smallest absolute Gasteiger partial charge is 0.160 e. The van der Waals surface area contributed by atoms with E-state index in [-0.39, 0.29) is 5.78 Å². The van der Waals surface area contributed by atoms with Crippen molar-refractivity contribution < 1.29 is 19.0 Å². The minimum atomic E-state index is -0.0168. The molecule has 0 radical (unpaired) electrons. The number of hydrogen-bond acceptors (Lipinski definition) is 4. The maximum absolute atomic E-state index is 11.7. The van der Waals surface area contributed by atoms with Gasteiger partial charge in [-0.3, -0.25) is 4.79 Å². The Labute approximate surface area is 137 Å². The van der Waals surface area contributed by atoms with Crippen molar-refractivity contribution in [3.05, 3.63) is 59.7 Å². The van der Waals surface area contributed by atoms with Crippen molar-refractivity contribution in [3.63, 3.8) is 0 Å². The van der Waals surface area contributed by atoms with Crippen molar-refractivity contribution in [3.8, 4) is 11.5 Å². The van der Waals surface area contributed by atoms with Crippen molar-refractivity contribution in [2.45, 2.75) is 20.0 Å². The quantitative estimate of drug-likeness (QED) is 0.520. The summed E-state index contributed by atoms with van der Waals surface area (Å²) in [4.78, 5) is 11.7. The standard InChI is InChI=1S/C19H22O4/c1-15(20)17-11-18(22-10-6-9-21-2)13-19(12-17)23-14-16-7-4-3-5-8-16/h3-5,7-8,11-13H,6,9-10,14H2,1-2H3. The number of ether oxygens (including phenoxy) is 3. The van der Waals surface area contributed by atoms with E-state index in [1.54, 1.807) is 19.2 Å². The van der Waals surface area contributed by atoms with E-state index in [1.165, 1.54) is 6.92 Å². The second kappa shape index (κ2) is 8.96. The Morgan fingerprint density at radius 2 is 1.65 bits per heavy atom. The van der Waals surface area contributed by atoms with Crippen molar-refractivity contribution in [1.29, 1.82) is 0 Å². The molecule has 0 spiro atoms. The molecule has 0 aliphatic rings. The Balaban J connectivity index is 2.05. The summed E-state index contributed by atoms with van der Waals surface area (Å²) >= 11 is 0. The molecule has 0 fully saturated rings. The Hall–Kier alpha value is -2.33. The number of ketones is 1. The molecular formula is C19H22O4. The fraction of sp³-hybridized carbons (Fsp3) is 0.316. The van der Waals surface area contributed by atoms with Crippen LogP contribution < -0.4 is 9.47 Å². The molecule has 2 rings (SSSR count). The largest absolute Gasteiger partial charge is 0.493 e. The Morgan fingerprint density at radius 1 is 0.957 bits per heavy atom. The molecule has 4 nitrogen and oxygen atoms in total. The summed E-state index contributed by atoms with van der Waals surface area (Å²) in [5.74, 6) is 1.25. The first-order valence-electron chi connectivity index (χ1n) is 7.63. The van der Waals surface area contributed by atoms with Gasteiger partial charge in [-0.05, 0) is 24.6 Å². The molecular weight excluding hydrogens is 292 g/mol. The van der Waals surface area contributed by atoms with Crippen molar-refractivity contribution in [1.82, 2.24) is 0 Å². The highest BCUT2D eigenvalue weighted by Gasteiger charge is 2.07. The van der Waals surface area contributed by atoms with Crippen LogP contribution in [0.25, 0.3) is 0 Å². The second-order valence-corrected chi connectivity index (χ2v) is 5.22. The Kier molecular flexibility index (Phi) is 6.63. The topological polar surface area (TPSA) is 44.8 Å². The minimum Gasteiger partial charge on any atom is -0.493 e. The zero-order valence-corrected chi connectivity index (χ0v) is 13.6. The predicted molar refractivity (Wildman–Crippen MR) is 89.2 cm³/mol. The van der Waals surface area contributed by atoms with Gasteiger partial charge in [-0.2, -0.15) is 0 Å². The van der Waals surface area contributed by atoms with Crippen molar-refractivity contribution in [2.75, 3.05) is 20.3 Å². The number of rotatable bonds is 9. The van der Waals surface area contributed by atoms with Crippen LogP contribution in [0.15, 0.2) is 48.5 Å². The molecule has 0 amide bonds. The van der Waals surface area contributed by atoms with E-state index in [1.807, 2.05) is 36.4 Å². The van der Waals surface area contributed by atoms with Gasteiger partial charge in [0.15, 0.2) is 5.78 Å². The lowest BCUT2D eigenvalue weighted by molar-refractivity contribution is 0.101. The Bertz CT molecular complexity index is 623. The van der Waals surface area contributed by atoms with Crippen LogP contribution in [0.5, 0.6) is 11.5 Å². The minimum absolute atomic E-state index is 0.0168. The van der Waals surface area contributed by atoms with Gasteiger partial charge in [0.2, 0.25) is 0 Å². The van der Waals surface area contributed by atoms with Gasteiger partial charge in [0.05, 0.1) is 6.61 Å². The van der Waals surface area contributed by atoms with Crippen molar-refractivity contribution in [2.24, 2.45) is 0 Å². The third-order valence-corrected chi connectivity index (χ3v) is 3.30. The van der Waals surface area contributed by atoms with Crippen LogP contribution in [0.4, 0.5) is 0 Å². The lowest BCUT2D eigenvalue weighted by atomic mass is 10.1. The lowest BCUT2D eigenvalue weighted by Gasteiger charge is -2.11. The third kappa shape index (κ3) is 5.75. The highest BCUT2D eigenvalue weighted by molar-refractivity contribution is 5.94. The van der Waals surface area contributed by atoms with Gasteiger partial charge in [0.1, 0.15) is 18.1 Å². The molecule has 0 unspecified atom stereocenters. The molecule has 0 aliphatic carbocycles. The molecule has 4 heteroatoms. The summed E-state index contributed by atoms with van der Waals surface area (Å²) in [6.45, 7) is 3.16. The van der Waals surface area contributed by atoms with Gasteiger partial charge < -0.3 is 14.2 Å². The molecule has 122 valence electrons. The monoisotopic (exact) mass is 314 g/mol. The van der Waals surface area contributed by atoms with E-state index in [9.17, 15) is 4.79 Å². The SMILES string of the molecule is COCCCOc1cc(OCc2ccccc2)cc(C(C)=O)c1. The summed E-state index contributed by atoms with van der Waals surface area (Å²) in [5.41, 5.74) is 1.65. The molecule has 2 aromatic rings. The molecule has 0 aromatic heterocycles. The highest BCUT2D eigenvalue weighted by atomic mass is 16.5. The second-order valence-electron chi connectivity index (χ2n) is 5.22. The molecule has 0 saturated carbocycles. The lowest BCUT2D eigenvalue weighted by Crippen LogP contribution is -2.03. The normalized spacial score (nSPS) is 10.3. The third-order valence-electron chi connectivity index (χ3n) is 3.30. The average Bonchev–Trinajstić information content (AvgIpc) is 2.58. The van der Waals surface area contributed by atoms with Gasteiger partial charge in [0, 0.05) is 31.8 Å². The summed E-state index contributed by atoms with van der Waals surface area (Å²) in [5, 5.41) is 0. The predicted octanol–water partition coefficient (Wildman–Crippen LogP) is 3.88. The molecule has 0 aliphatic heterocycles. The Morgan fingerprint density at radius 3 is 2.30 bits per heavy atom. The molecule has 2 aromatic carbocycles. The maximum atomic E-state index is 11.7. The first-order chi connectivity index (χ1) is 11.2. The number of benzene rings is 2. The van der Waals surface area contributed by atoms with E-state index >= 15 is 0 Å². The van der Waals surface area contributed by atoms with Crippen LogP contribution in [-0.2, 0) is 11.3 Å². The fourth-order valence-electron chi connectivity index (χ4n) is 2.08. The zero-order valence-electron chi connectivity index (χ0n) is 13.6. The highest BCUT2D eigenvalue weighted by Crippen LogP contribution is 2.24. The van der Waals surface area contributed by atoms with E-state index in [0.717, 1.165) is 12.0 Å². The van der Waals surface area contributed by atoms with E-state index < -0.39 is 0 Å². The number of carbonyl (C=O) groups is 1. The summed E-state index contributed by atoms with van der Waals surface area (Å²) < 4.78 is 16.5. The number of hydrogen-bond donors (Lipinski definition) is 0. The van der Waals surface area contributed by atoms with Crippen molar-refractivity contribution >= 4 is 5.78 Å².